The van der Waals surface area contributed by atoms with Crippen LogP contribution in [-0.4, -0.2) is 96.7 Å². The van der Waals surface area contributed by atoms with E-state index in [4.69, 9.17) is 37.0 Å². The number of carbonyl (C=O) groups is 4. The highest BCUT2D eigenvalue weighted by atomic mass is 31.2. The smallest absolute Gasteiger partial charge is 0.462 e. The molecule has 0 bridgehead atoms. The number of aliphatic hydroxyl groups is 1. The van der Waals surface area contributed by atoms with E-state index in [9.17, 15) is 43.2 Å². The first-order valence-electron chi connectivity index (χ1n) is 39.7. The Kier molecular flexibility index (Phi) is 72.6. The zero-order chi connectivity index (χ0) is 77.4. The number of phosphoric acid groups is 2. The van der Waals surface area contributed by atoms with Gasteiger partial charge in [-0.3, -0.25) is 37.3 Å². The molecule has 0 rings (SSSR count). The molecule has 0 radical (unpaired) electrons. The van der Waals surface area contributed by atoms with Crippen molar-refractivity contribution < 1.29 is 80.2 Å². The molecule has 3 N–H and O–H groups in total. The maximum absolute atomic E-state index is 13.1. The second-order valence-electron chi connectivity index (χ2n) is 25.5. The summed E-state index contributed by atoms with van der Waals surface area (Å²) in [4.78, 5) is 72.9. The van der Waals surface area contributed by atoms with Crippen molar-refractivity contribution in [2.24, 2.45) is 0 Å². The highest BCUT2D eigenvalue weighted by molar-refractivity contribution is 7.47. The summed E-state index contributed by atoms with van der Waals surface area (Å²) in [5.74, 6) is -2.52. The van der Waals surface area contributed by atoms with Crippen LogP contribution in [0.5, 0.6) is 0 Å². The molecule has 19 heteroatoms. The SMILES string of the molecule is CC/C=C\C/C=C\C/C=C\C/C=C\C/C=C\CC(=O)OCC(COP(=O)(O)OCC(O)COP(=O)(O)OCC(COC(=O)CCCCCCCC/C=C\C/C=C\C/C=C\CCCCC)OC(=O)CCCCCCCCC/C=C\C/C=C\C/C=C\CC)OC(=O)C/C=C\C/C=C\C/C=C\C/C=C\C/C=C\CC. The average Bonchev–Trinajstić information content (AvgIpc) is 0.899. The van der Waals surface area contributed by atoms with Crippen molar-refractivity contribution in [3.8, 4) is 0 Å². The molecule has 0 aromatic carbocycles. The van der Waals surface area contributed by atoms with Crippen LogP contribution in [0.3, 0.4) is 0 Å². The van der Waals surface area contributed by atoms with Crippen molar-refractivity contribution in [2.75, 3.05) is 39.6 Å². The van der Waals surface area contributed by atoms with E-state index in [0.29, 0.717) is 25.7 Å². The second-order valence-corrected chi connectivity index (χ2v) is 28.4. The fraction of sp³-hybridized carbons (Fsp3) is 0.586. The Morgan fingerprint density at radius 1 is 0.283 bits per heavy atom. The summed E-state index contributed by atoms with van der Waals surface area (Å²) in [5.41, 5.74) is 0. The van der Waals surface area contributed by atoms with Crippen LogP contribution >= 0.6 is 15.6 Å². The molecule has 0 aliphatic carbocycles. The monoisotopic (exact) mass is 1520 g/mol. The van der Waals surface area contributed by atoms with E-state index in [2.05, 4.69) is 174 Å². The first kappa shape index (κ1) is 99.9. The van der Waals surface area contributed by atoms with Gasteiger partial charge in [0.1, 0.15) is 19.3 Å². The van der Waals surface area contributed by atoms with Crippen molar-refractivity contribution >= 4 is 39.5 Å². The predicted octanol–water partition coefficient (Wildman–Crippen LogP) is 23.3. The maximum atomic E-state index is 13.1. The Balaban J connectivity index is 5.53. The van der Waals surface area contributed by atoms with Gasteiger partial charge in [0.15, 0.2) is 12.2 Å². The molecule has 0 saturated carbocycles. The Labute approximate surface area is 640 Å². The number of allylic oxidation sites excluding steroid dienone is 30. The summed E-state index contributed by atoms with van der Waals surface area (Å²) in [7, 11) is -10.0. The summed E-state index contributed by atoms with van der Waals surface area (Å²) in [5, 5.41) is 10.6. The van der Waals surface area contributed by atoms with E-state index >= 15 is 0 Å². The van der Waals surface area contributed by atoms with Gasteiger partial charge in [-0.15, -0.1) is 0 Å². The Morgan fingerprint density at radius 2 is 0.538 bits per heavy atom. The van der Waals surface area contributed by atoms with Gasteiger partial charge >= 0.3 is 39.5 Å². The third-order valence-corrected chi connectivity index (χ3v) is 17.5. The fourth-order valence-corrected chi connectivity index (χ4v) is 11.3. The largest absolute Gasteiger partial charge is 0.472 e. The first-order chi connectivity index (χ1) is 51.7. The topological polar surface area (TPSA) is 237 Å². The lowest BCUT2D eigenvalue weighted by Gasteiger charge is -2.21. The Bertz CT molecular complexity index is 2780. The van der Waals surface area contributed by atoms with Crippen molar-refractivity contribution in [3.05, 3.63) is 194 Å². The van der Waals surface area contributed by atoms with Gasteiger partial charge in [-0.25, -0.2) is 9.13 Å². The van der Waals surface area contributed by atoms with Crippen LogP contribution in [0.2, 0.25) is 0 Å². The van der Waals surface area contributed by atoms with Gasteiger partial charge in [0.05, 0.1) is 39.3 Å². The molecule has 0 heterocycles. The summed E-state index contributed by atoms with van der Waals surface area (Å²) in [6, 6.07) is 0. The fourth-order valence-electron chi connectivity index (χ4n) is 9.68. The number of hydrogen-bond acceptors (Lipinski definition) is 15. The Hall–Kier alpha value is -6.10. The van der Waals surface area contributed by atoms with Crippen LogP contribution in [-0.2, 0) is 65.4 Å². The number of ether oxygens (including phenoxy) is 4. The number of rotatable bonds is 72. The van der Waals surface area contributed by atoms with Gasteiger partial charge in [0.2, 0.25) is 0 Å². The lowest BCUT2D eigenvalue weighted by Crippen LogP contribution is -2.30. The van der Waals surface area contributed by atoms with E-state index in [1.807, 2.05) is 30.4 Å². The van der Waals surface area contributed by atoms with Crippen LogP contribution in [0, 0.1) is 0 Å². The van der Waals surface area contributed by atoms with Crippen LogP contribution in [0.4, 0.5) is 0 Å². The van der Waals surface area contributed by atoms with Crippen LogP contribution < -0.4 is 0 Å². The maximum Gasteiger partial charge on any atom is 0.472 e. The molecule has 0 aromatic heterocycles. The van der Waals surface area contributed by atoms with Gasteiger partial charge < -0.3 is 33.8 Å². The number of hydrogen-bond donors (Lipinski definition) is 3. The van der Waals surface area contributed by atoms with Crippen LogP contribution in [0.15, 0.2) is 194 Å². The van der Waals surface area contributed by atoms with Crippen molar-refractivity contribution in [3.63, 3.8) is 0 Å². The summed E-state index contributed by atoms with van der Waals surface area (Å²) in [6.45, 7) is 4.22. The van der Waals surface area contributed by atoms with Gasteiger partial charge in [0, 0.05) is 12.8 Å². The third kappa shape index (κ3) is 76.1. The molecule has 0 fully saturated rings. The van der Waals surface area contributed by atoms with E-state index in [1.165, 1.54) is 19.3 Å². The van der Waals surface area contributed by atoms with Gasteiger partial charge in [-0.05, 0) is 148 Å². The Morgan fingerprint density at radius 3 is 0.877 bits per heavy atom. The number of unbranched alkanes of at least 4 members (excludes halogenated alkanes) is 16. The average molecular weight is 1520 g/mol. The molecule has 5 atom stereocenters. The molecule has 0 aliphatic rings. The minimum Gasteiger partial charge on any atom is -0.462 e. The molecule has 0 amide bonds. The zero-order valence-corrected chi connectivity index (χ0v) is 67.1. The molecule has 0 saturated heterocycles. The van der Waals surface area contributed by atoms with Gasteiger partial charge in [-0.1, -0.05) is 293 Å². The molecule has 106 heavy (non-hydrogen) atoms. The molecule has 5 unspecified atom stereocenters. The highest BCUT2D eigenvalue weighted by Crippen LogP contribution is 2.45. The lowest BCUT2D eigenvalue weighted by molar-refractivity contribution is -0.161. The predicted molar refractivity (Wildman–Crippen MR) is 436 cm³/mol. The third-order valence-electron chi connectivity index (χ3n) is 15.6. The number of carbonyl (C=O) groups excluding carboxylic acids is 4. The molecule has 17 nitrogen and oxygen atoms in total. The minimum atomic E-state index is -5.03. The highest BCUT2D eigenvalue weighted by Gasteiger charge is 2.30. The molecular formula is C87H138O17P2. The quantitative estimate of drug-likeness (QED) is 0.0169. The van der Waals surface area contributed by atoms with Crippen LogP contribution in [0.1, 0.15) is 272 Å². The minimum absolute atomic E-state index is 0.0684. The van der Waals surface area contributed by atoms with Crippen molar-refractivity contribution in [2.45, 2.75) is 290 Å². The first-order valence-corrected chi connectivity index (χ1v) is 42.7. The lowest BCUT2D eigenvalue weighted by atomic mass is 10.1. The molecular weight excluding hydrogens is 1380 g/mol. The van der Waals surface area contributed by atoms with E-state index in [0.717, 1.165) is 173 Å². The van der Waals surface area contributed by atoms with Crippen molar-refractivity contribution in [1.82, 2.24) is 0 Å². The zero-order valence-electron chi connectivity index (χ0n) is 65.3. The molecule has 0 aliphatic heterocycles. The summed E-state index contributed by atoms with van der Waals surface area (Å²) in [6.07, 6.45) is 94.7. The summed E-state index contributed by atoms with van der Waals surface area (Å²) < 4.78 is 68.3. The van der Waals surface area contributed by atoms with E-state index in [-0.39, 0.29) is 25.7 Å². The number of phosphoric ester groups is 2. The van der Waals surface area contributed by atoms with Gasteiger partial charge in [-0.2, -0.15) is 0 Å². The molecule has 0 spiro atoms. The van der Waals surface area contributed by atoms with Crippen LogP contribution in [0.25, 0.3) is 0 Å². The van der Waals surface area contributed by atoms with Gasteiger partial charge in [0.25, 0.3) is 0 Å². The summed E-state index contributed by atoms with van der Waals surface area (Å²) >= 11 is 0. The van der Waals surface area contributed by atoms with E-state index < -0.39 is 97.5 Å². The van der Waals surface area contributed by atoms with Crippen molar-refractivity contribution in [1.29, 1.82) is 0 Å². The molecule has 0 aromatic rings. The molecule has 598 valence electrons. The second kappa shape index (κ2) is 77.1. The normalized spacial score (nSPS) is 14.9. The number of esters is 4. The standard InChI is InChI=1S/C87H138O17P2/c1-5-9-13-17-21-25-29-33-37-39-40-42-45-48-52-56-60-64-68-72-85(90)98-78-83(104-87(92)74-70-66-62-58-54-50-46-41-38-34-30-26-22-18-14-10-6-2)80-102-106(95,96)100-76-81(88)75-99-105(93,94)101-79-82(103-86(91)73-69-65-61-57-53-49-44-36-32-28-24-20-16-12-8-4)77-97-84(89)71-67-63-59-55-51-47-43-35-31-27-23-19-15-11-7-3/h10-12,14-16,21-28,33-38,40,42-44,51,53,55,57,63,65,67,69,81-83,88H,5-9,13,17-20,29-32,39,41,45-50,52,54,56,58-62,64,66,68,70-80H2,1-4H3,(H,93,94)(H,95,96)/b14-10-,15-11-,16-12-,25-21-,26-22-,27-23-,28-24-,37-33-,38-34-,42-40-,43-35-,44-36-,55-51-,57-53-,67-63-,69-65-. The van der Waals surface area contributed by atoms with E-state index in [1.54, 1.807) is 18.2 Å². The number of aliphatic hydroxyl groups excluding tert-OH is 1.